The number of Topliss-reactive ketones (excluding diaryl/α,β-unsaturated/α-hetero) is 1. The Hall–Kier alpha value is -1.48. The Bertz CT molecular complexity index is 948. The second kappa shape index (κ2) is 15.9. The molecule has 0 aromatic heterocycles. The molecule has 0 spiro atoms. The van der Waals surface area contributed by atoms with Gasteiger partial charge in [-0.15, -0.1) is 0 Å². The number of benzene rings is 1. The fraction of sp³-hybridized carbons (Fsp3) is 0.767. The largest absolute Gasteiger partial charge is 0.497 e. The second-order valence-corrected chi connectivity index (χ2v) is 13.3. The van der Waals surface area contributed by atoms with Gasteiger partial charge in [-0.2, -0.15) is 0 Å². The lowest BCUT2D eigenvalue weighted by Crippen LogP contribution is -2.44. The number of hydrogen-bond acceptors (Lipinski definition) is 6. The van der Waals surface area contributed by atoms with Gasteiger partial charge in [-0.25, -0.2) is 12.7 Å². The van der Waals surface area contributed by atoms with E-state index in [1.165, 1.54) is 103 Å². The lowest BCUT2D eigenvalue weighted by atomic mass is 9.85. The summed E-state index contributed by atoms with van der Waals surface area (Å²) >= 11 is 0. The van der Waals surface area contributed by atoms with E-state index < -0.39 is 10.0 Å². The number of hydrogen-bond donors (Lipinski definition) is 0. The molecule has 2 aliphatic rings. The van der Waals surface area contributed by atoms with Gasteiger partial charge in [0.25, 0.3) is 0 Å². The van der Waals surface area contributed by atoms with Crippen LogP contribution in [-0.4, -0.2) is 87.8 Å². The van der Waals surface area contributed by atoms with Gasteiger partial charge in [0, 0.05) is 32.6 Å². The topological polar surface area (TPSA) is 70.2 Å². The molecule has 0 N–H and O–H groups in total. The van der Waals surface area contributed by atoms with E-state index in [0.29, 0.717) is 11.3 Å². The molecule has 1 saturated carbocycles. The zero-order valence-electron chi connectivity index (χ0n) is 25.0. The normalized spacial score (nSPS) is 21.3. The lowest BCUT2D eigenvalue weighted by molar-refractivity contribution is -0.117. The lowest BCUT2D eigenvalue weighted by Gasteiger charge is -2.41. The molecule has 0 atom stereocenters. The van der Waals surface area contributed by atoms with Crippen molar-refractivity contribution < 1.29 is 17.9 Å². The van der Waals surface area contributed by atoms with Crippen LogP contribution < -0.4 is 4.74 Å². The Morgan fingerprint density at radius 2 is 1.66 bits per heavy atom. The van der Waals surface area contributed by atoms with Crippen LogP contribution in [-0.2, 0) is 14.8 Å². The molecule has 1 aromatic carbocycles. The molecule has 0 unspecified atom stereocenters. The number of rotatable bonds is 11. The monoisotopic (exact) mass is 551 g/mol. The van der Waals surface area contributed by atoms with E-state index in [2.05, 4.69) is 30.6 Å². The van der Waals surface area contributed by atoms with Crippen LogP contribution in [0.15, 0.2) is 23.1 Å². The van der Waals surface area contributed by atoms with Crippen molar-refractivity contribution in [1.82, 2.24) is 14.1 Å². The summed E-state index contributed by atoms with van der Waals surface area (Å²) in [6.45, 7) is 16.9. The molecule has 8 heteroatoms. The SMILES string of the molecule is CCN(CC)CC1CCN(C2CCC(C)CC2)CC1.COc1ccc(S(=O)(=O)N(C)CCC(C)=O)c(C)c1. The summed E-state index contributed by atoms with van der Waals surface area (Å²) in [5.41, 5.74) is 0.619. The first-order valence-electron chi connectivity index (χ1n) is 14.6. The standard InChI is InChI=1S/C17H34N2.C13H19NO4S/c1-4-18(5-2)14-16-10-12-19(13-11-16)17-8-6-15(3)7-9-17;1-10-9-12(18-4)5-6-13(10)19(16,17)14(3)8-7-11(2)15/h15-17H,4-14H2,1-3H3;5-6,9H,7-8H2,1-4H3. The summed E-state index contributed by atoms with van der Waals surface area (Å²) < 4.78 is 30.9. The third kappa shape index (κ3) is 9.92. The number of carbonyl (C=O) groups is 1. The fourth-order valence-corrected chi connectivity index (χ4v) is 6.97. The molecule has 3 rings (SSSR count). The van der Waals surface area contributed by atoms with Crippen molar-refractivity contribution in [2.45, 2.75) is 90.5 Å². The van der Waals surface area contributed by atoms with Crippen LogP contribution in [0.3, 0.4) is 0 Å². The highest BCUT2D eigenvalue weighted by molar-refractivity contribution is 7.89. The minimum absolute atomic E-state index is 0.0338. The molecular formula is C30H53N3O4S. The molecule has 0 bridgehead atoms. The molecule has 0 radical (unpaired) electrons. The zero-order chi connectivity index (χ0) is 28.3. The number of aryl methyl sites for hydroxylation is 1. The summed E-state index contributed by atoms with van der Waals surface area (Å²) in [5, 5.41) is 0. The van der Waals surface area contributed by atoms with Crippen LogP contribution in [0.1, 0.15) is 78.2 Å². The molecule has 2 fully saturated rings. The first-order valence-corrected chi connectivity index (χ1v) is 16.0. The average molecular weight is 552 g/mol. The Balaban J connectivity index is 0.000000267. The van der Waals surface area contributed by atoms with Gasteiger partial charge in [-0.1, -0.05) is 20.8 Å². The van der Waals surface area contributed by atoms with Gasteiger partial charge in [0.15, 0.2) is 0 Å². The van der Waals surface area contributed by atoms with Crippen LogP contribution in [0.2, 0.25) is 0 Å². The fourth-order valence-electron chi connectivity index (χ4n) is 5.60. The minimum atomic E-state index is -3.56. The summed E-state index contributed by atoms with van der Waals surface area (Å²) in [5.74, 6) is 2.52. The first-order chi connectivity index (χ1) is 18.0. The highest BCUT2D eigenvalue weighted by Crippen LogP contribution is 2.30. The van der Waals surface area contributed by atoms with Crippen LogP contribution in [0.4, 0.5) is 0 Å². The van der Waals surface area contributed by atoms with Gasteiger partial charge >= 0.3 is 0 Å². The van der Waals surface area contributed by atoms with Crippen molar-refractivity contribution in [3.63, 3.8) is 0 Å². The Kier molecular flexibility index (Phi) is 13.7. The van der Waals surface area contributed by atoms with E-state index in [9.17, 15) is 13.2 Å². The van der Waals surface area contributed by atoms with Gasteiger partial charge in [0.05, 0.1) is 12.0 Å². The van der Waals surface area contributed by atoms with Gasteiger partial charge in [0.1, 0.15) is 11.5 Å². The van der Waals surface area contributed by atoms with Crippen LogP contribution in [0.5, 0.6) is 5.75 Å². The van der Waals surface area contributed by atoms with Crippen LogP contribution in [0.25, 0.3) is 0 Å². The van der Waals surface area contributed by atoms with E-state index >= 15 is 0 Å². The second-order valence-electron chi connectivity index (χ2n) is 11.3. The zero-order valence-corrected chi connectivity index (χ0v) is 25.9. The molecule has 1 saturated heterocycles. The third-order valence-corrected chi connectivity index (χ3v) is 10.4. The van der Waals surface area contributed by atoms with Crippen molar-refractivity contribution >= 4 is 15.8 Å². The van der Waals surface area contributed by atoms with E-state index in [0.717, 1.165) is 17.9 Å². The number of carbonyl (C=O) groups excluding carboxylic acids is 1. The summed E-state index contributed by atoms with van der Waals surface area (Å²) in [7, 11) is -0.561. The Morgan fingerprint density at radius 1 is 1.05 bits per heavy atom. The molecule has 1 aliphatic carbocycles. The maximum Gasteiger partial charge on any atom is 0.243 e. The highest BCUT2D eigenvalue weighted by atomic mass is 32.2. The molecule has 38 heavy (non-hydrogen) atoms. The Labute approximate surface area is 232 Å². The summed E-state index contributed by atoms with van der Waals surface area (Å²) in [4.78, 5) is 16.6. The van der Waals surface area contributed by atoms with E-state index in [4.69, 9.17) is 4.74 Å². The molecule has 1 heterocycles. The third-order valence-electron chi connectivity index (χ3n) is 8.41. The van der Waals surface area contributed by atoms with Gasteiger partial charge in [-0.05, 0) is 114 Å². The van der Waals surface area contributed by atoms with Crippen molar-refractivity contribution in [2.75, 3.05) is 53.4 Å². The average Bonchev–Trinajstić information content (AvgIpc) is 2.91. The van der Waals surface area contributed by atoms with Crippen molar-refractivity contribution in [1.29, 1.82) is 0 Å². The highest BCUT2D eigenvalue weighted by Gasteiger charge is 2.28. The molecule has 7 nitrogen and oxygen atoms in total. The smallest absolute Gasteiger partial charge is 0.243 e. The predicted octanol–water partition coefficient (Wildman–Crippen LogP) is 5.22. The minimum Gasteiger partial charge on any atom is -0.497 e. The molecular weight excluding hydrogens is 498 g/mol. The summed E-state index contributed by atoms with van der Waals surface area (Å²) in [6.07, 6.45) is 8.92. The number of ketones is 1. The number of nitrogens with zero attached hydrogens (tertiary/aromatic N) is 3. The van der Waals surface area contributed by atoms with Crippen molar-refractivity contribution in [3.8, 4) is 5.75 Å². The van der Waals surface area contributed by atoms with Crippen LogP contribution >= 0.6 is 0 Å². The number of sulfonamides is 1. The molecule has 218 valence electrons. The Morgan fingerprint density at radius 3 is 2.16 bits per heavy atom. The van der Waals surface area contributed by atoms with Crippen molar-refractivity contribution in [2.24, 2.45) is 11.8 Å². The number of methoxy groups -OCH3 is 1. The van der Waals surface area contributed by atoms with Crippen LogP contribution in [0, 0.1) is 18.8 Å². The molecule has 1 aromatic rings. The number of piperidine rings is 1. The quantitative estimate of drug-likeness (QED) is 0.376. The van der Waals surface area contributed by atoms with E-state index in [1.54, 1.807) is 19.1 Å². The number of likely N-dealkylation sites (tertiary alicyclic amines) is 1. The molecule has 1 aliphatic heterocycles. The van der Waals surface area contributed by atoms with Gasteiger partial charge < -0.3 is 14.5 Å². The number of ether oxygens (including phenoxy) is 1. The predicted molar refractivity (Wildman–Crippen MR) is 156 cm³/mol. The van der Waals surface area contributed by atoms with Crippen molar-refractivity contribution in [3.05, 3.63) is 23.8 Å². The first kappa shape index (κ1) is 32.7. The maximum atomic E-state index is 12.3. The van der Waals surface area contributed by atoms with E-state index in [1.807, 2.05) is 0 Å². The molecule has 0 amide bonds. The van der Waals surface area contributed by atoms with Gasteiger partial charge in [-0.3, -0.25) is 4.79 Å². The summed E-state index contributed by atoms with van der Waals surface area (Å²) in [6, 6.07) is 5.73. The van der Waals surface area contributed by atoms with Gasteiger partial charge in [0.2, 0.25) is 10.0 Å². The maximum absolute atomic E-state index is 12.3. The van der Waals surface area contributed by atoms with E-state index in [-0.39, 0.29) is 23.6 Å².